The minimum Gasteiger partial charge on any atom is -0.383 e. The van der Waals surface area contributed by atoms with Crippen molar-refractivity contribution < 1.29 is 13.2 Å². The fourth-order valence-electron chi connectivity index (χ4n) is 3.36. The molecule has 2 fully saturated rings. The average Bonchev–Trinajstić information content (AvgIpc) is 2.71. The van der Waals surface area contributed by atoms with Gasteiger partial charge in [0, 0.05) is 51.8 Å². The number of methoxy groups -OCH3 is 1. The molecular formula is C14H26N4O3S. The molecule has 0 amide bonds. The molecule has 0 saturated carbocycles. The van der Waals surface area contributed by atoms with Gasteiger partial charge in [-0.1, -0.05) is 0 Å². The molecule has 0 aromatic heterocycles. The van der Waals surface area contributed by atoms with Crippen molar-refractivity contribution >= 4 is 10.2 Å². The molecule has 2 aliphatic heterocycles. The first-order valence-electron chi connectivity index (χ1n) is 7.83. The third kappa shape index (κ3) is 3.78. The summed E-state index contributed by atoms with van der Waals surface area (Å²) in [7, 11) is 0.116. The van der Waals surface area contributed by atoms with Crippen molar-refractivity contribution in [1.29, 1.82) is 5.26 Å². The molecule has 22 heavy (non-hydrogen) atoms. The molecule has 8 heteroatoms. The summed E-state index contributed by atoms with van der Waals surface area (Å²) in [6.07, 6.45) is 3.30. The van der Waals surface area contributed by atoms with Crippen LogP contribution in [-0.4, -0.2) is 81.0 Å². The number of fused-ring (bicyclic) bond motifs is 2. The summed E-state index contributed by atoms with van der Waals surface area (Å²) in [6.45, 7) is 1.96. The van der Waals surface area contributed by atoms with Crippen molar-refractivity contribution in [1.82, 2.24) is 13.5 Å². The van der Waals surface area contributed by atoms with Gasteiger partial charge in [-0.15, -0.1) is 0 Å². The van der Waals surface area contributed by atoms with E-state index in [9.17, 15) is 8.42 Å². The highest BCUT2D eigenvalue weighted by molar-refractivity contribution is 7.86. The Balaban J connectivity index is 2.10. The van der Waals surface area contributed by atoms with Crippen LogP contribution in [0.2, 0.25) is 0 Å². The largest absolute Gasteiger partial charge is 0.383 e. The zero-order valence-corrected chi connectivity index (χ0v) is 14.3. The van der Waals surface area contributed by atoms with Crippen molar-refractivity contribution in [2.75, 3.05) is 46.9 Å². The molecule has 0 radical (unpaired) electrons. The van der Waals surface area contributed by atoms with Crippen LogP contribution in [0, 0.1) is 11.3 Å². The highest BCUT2D eigenvalue weighted by Crippen LogP contribution is 2.30. The van der Waals surface area contributed by atoms with Crippen molar-refractivity contribution in [3.05, 3.63) is 0 Å². The van der Waals surface area contributed by atoms with E-state index in [4.69, 9.17) is 10.00 Å². The standard InChI is InChI=1S/C14H26N4O3S/c1-16-13-4-5-14(16)12-18(9-6-13)22(19,20)17(8-3-7-15)10-11-21-2/h13-14H,3-6,8-12H2,1-2H3/t13-,14+/m1/s1. The topological polar surface area (TPSA) is 76.9 Å². The van der Waals surface area contributed by atoms with E-state index in [0.29, 0.717) is 38.3 Å². The van der Waals surface area contributed by atoms with Crippen molar-refractivity contribution in [2.45, 2.75) is 37.8 Å². The van der Waals surface area contributed by atoms with Gasteiger partial charge in [-0.25, -0.2) is 0 Å². The lowest BCUT2D eigenvalue weighted by atomic mass is 10.1. The van der Waals surface area contributed by atoms with Crippen LogP contribution in [-0.2, 0) is 14.9 Å². The van der Waals surface area contributed by atoms with Gasteiger partial charge < -0.3 is 4.74 Å². The number of nitriles is 1. The lowest BCUT2D eigenvalue weighted by molar-refractivity contribution is 0.175. The van der Waals surface area contributed by atoms with Gasteiger partial charge in [0.05, 0.1) is 12.7 Å². The molecule has 2 atom stereocenters. The zero-order valence-electron chi connectivity index (χ0n) is 13.4. The minimum absolute atomic E-state index is 0.197. The Hall–Kier alpha value is -0.720. The second kappa shape index (κ2) is 7.70. The summed E-state index contributed by atoms with van der Waals surface area (Å²) in [5, 5.41) is 8.76. The Morgan fingerprint density at radius 3 is 2.68 bits per heavy atom. The summed E-state index contributed by atoms with van der Waals surface area (Å²) in [5.74, 6) is 0. The van der Waals surface area contributed by atoms with Gasteiger partial charge in [-0.05, 0) is 26.3 Å². The Bertz CT molecular complexity index is 505. The van der Waals surface area contributed by atoms with Crippen LogP contribution in [0.4, 0.5) is 0 Å². The molecule has 0 N–H and O–H groups in total. The Labute approximate surface area is 133 Å². The normalized spacial score (nSPS) is 27.0. The predicted octanol–water partition coefficient (Wildman–Crippen LogP) is 0.262. The van der Waals surface area contributed by atoms with Gasteiger partial charge in [-0.2, -0.15) is 22.3 Å². The van der Waals surface area contributed by atoms with Gasteiger partial charge in [0.25, 0.3) is 10.2 Å². The van der Waals surface area contributed by atoms with E-state index in [1.807, 2.05) is 6.07 Å². The third-order valence-corrected chi connectivity index (χ3v) is 6.78. The molecule has 0 unspecified atom stereocenters. The predicted molar refractivity (Wildman–Crippen MR) is 83.4 cm³/mol. The molecule has 2 rings (SSSR count). The number of hydrogen-bond acceptors (Lipinski definition) is 5. The first kappa shape index (κ1) is 17.6. The fraction of sp³-hybridized carbons (Fsp3) is 0.929. The third-order valence-electron chi connectivity index (χ3n) is 4.78. The van der Waals surface area contributed by atoms with Crippen LogP contribution in [0.25, 0.3) is 0 Å². The molecule has 0 spiro atoms. The van der Waals surface area contributed by atoms with Crippen molar-refractivity contribution in [2.24, 2.45) is 0 Å². The van der Waals surface area contributed by atoms with Gasteiger partial charge in [0.2, 0.25) is 0 Å². The van der Waals surface area contributed by atoms with Crippen LogP contribution in [0.15, 0.2) is 0 Å². The van der Waals surface area contributed by atoms with Gasteiger partial charge >= 0.3 is 0 Å². The van der Waals surface area contributed by atoms with Crippen molar-refractivity contribution in [3.8, 4) is 6.07 Å². The molecule has 0 aliphatic carbocycles. The summed E-state index contributed by atoms with van der Waals surface area (Å²) < 4.78 is 33.8. The van der Waals surface area contributed by atoms with E-state index < -0.39 is 10.2 Å². The van der Waals surface area contributed by atoms with Gasteiger partial charge in [0.1, 0.15) is 0 Å². The van der Waals surface area contributed by atoms with Crippen molar-refractivity contribution in [3.63, 3.8) is 0 Å². The van der Waals surface area contributed by atoms with E-state index in [1.165, 1.54) is 4.31 Å². The second-order valence-corrected chi connectivity index (χ2v) is 7.93. The first-order chi connectivity index (χ1) is 10.5. The first-order valence-corrected chi connectivity index (χ1v) is 9.23. The maximum atomic E-state index is 12.9. The highest BCUT2D eigenvalue weighted by atomic mass is 32.2. The summed E-state index contributed by atoms with van der Waals surface area (Å²) in [5.41, 5.74) is 0. The quantitative estimate of drug-likeness (QED) is 0.669. The molecule has 2 aliphatic rings. The number of rotatable bonds is 7. The van der Waals surface area contributed by atoms with Crippen LogP contribution in [0.1, 0.15) is 25.7 Å². The Morgan fingerprint density at radius 2 is 2.00 bits per heavy atom. The summed E-state index contributed by atoms with van der Waals surface area (Å²) in [4.78, 5) is 2.32. The van der Waals surface area contributed by atoms with E-state index in [1.54, 1.807) is 11.4 Å². The monoisotopic (exact) mass is 330 g/mol. The molecule has 2 heterocycles. The summed E-state index contributed by atoms with van der Waals surface area (Å²) in [6, 6.07) is 2.83. The average molecular weight is 330 g/mol. The number of likely N-dealkylation sites (N-methyl/N-ethyl adjacent to an activating group) is 1. The molecule has 2 bridgehead atoms. The lowest BCUT2D eigenvalue weighted by Crippen LogP contribution is -2.48. The second-order valence-electron chi connectivity index (χ2n) is 6.00. The van der Waals surface area contributed by atoms with Crippen LogP contribution < -0.4 is 0 Å². The smallest absolute Gasteiger partial charge is 0.282 e. The van der Waals surface area contributed by atoms with E-state index in [0.717, 1.165) is 19.3 Å². The van der Waals surface area contributed by atoms with E-state index >= 15 is 0 Å². The van der Waals surface area contributed by atoms with Crippen LogP contribution >= 0.6 is 0 Å². The maximum Gasteiger partial charge on any atom is 0.282 e. The molecule has 7 nitrogen and oxygen atoms in total. The lowest BCUT2D eigenvalue weighted by Gasteiger charge is -2.30. The molecule has 2 saturated heterocycles. The SMILES string of the molecule is COCCN(CCC#N)S(=O)(=O)N1CC[C@H]2CC[C@@H](C1)N2C. The van der Waals surface area contributed by atoms with Gasteiger partial charge in [-0.3, -0.25) is 4.90 Å². The Morgan fingerprint density at radius 1 is 1.27 bits per heavy atom. The van der Waals surface area contributed by atoms with E-state index in [2.05, 4.69) is 11.9 Å². The molecule has 0 aromatic rings. The fourth-order valence-corrected chi connectivity index (χ4v) is 5.01. The summed E-state index contributed by atoms with van der Waals surface area (Å²) >= 11 is 0. The number of nitrogens with zero attached hydrogens (tertiary/aromatic N) is 4. The van der Waals surface area contributed by atoms with E-state index in [-0.39, 0.29) is 13.0 Å². The van der Waals surface area contributed by atoms with Crippen LogP contribution in [0.5, 0.6) is 0 Å². The van der Waals surface area contributed by atoms with Gasteiger partial charge in [0.15, 0.2) is 0 Å². The van der Waals surface area contributed by atoms with Crippen LogP contribution in [0.3, 0.4) is 0 Å². The minimum atomic E-state index is -3.53. The highest BCUT2D eigenvalue weighted by Gasteiger charge is 2.39. The number of hydrogen-bond donors (Lipinski definition) is 0. The maximum absolute atomic E-state index is 12.9. The zero-order chi connectivity index (χ0) is 16.2. The Kier molecular flexibility index (Phi) is 6.17. The molecule has 0 aromatic carbocycles. The molecular weight excluding hydrogens is 304 g/mol. The molecule has 126 valence electrons. The number of ether oxygens (including phenoxy) is 1.